The summed E-state index contributed by atoms with van der Waals surface area (Å²) < 4.78 is 5.47. The molecule has 2 unspecified atom stereocenters. The Kier molecular flexibility index (Phi) is 4.40. The van der Waals surface area contributed by atoms with E-state index >= 15 is 0 Å². The highest BCUT2D eigenvalue weighted by atomic mass is 16.5. The van der Waals surface area contributed by atoms with E-state index in [9.17, 15) is 4.79 Å². The van der Waals surface area contributed by atoms with E-state index in [-0.39, 0.29) is 17.9 Å². The molecule has 1 N–H and O–H groups in total. The summed E-state index contributed by atoms with van der Waals surface area (Å²) in [5.41, 5.74) is 0. The highest BCUT2D eigenvalue weighted by molar-refractivity contribution is 5.79. The van der Waals surface area contributed by atoms with Gasteiger partial charge in [-0.3, -0.25) is 4.79 Å². The number of hydrogen-bond acceptors (Lipinski definition) is 3. The van der Waals surface area contributed by atoms with Crippen molar-refractivity contribution in [2.45, 2.75) is 32.3 Å². The zero-order chi connectivity index (χ0) is 12.3. The zero-order valence-corrected chi connectivity index (χ0v) is 10.9. The fraction of sp³-hybridized carbons (Fsp3) is 0.923. The topological polar surface area (TPSA) is 41.6 Å². The summed E-state index contributed by atoms with van der Waals surface area (Å²) in [5, 5.41) is 3.36. The fourth-order valence-corrected chi connectivity index (χ4v) is 2.88. The Bertz CT molecular complexity index is 264. The molecule has 0 aliphatic carbocycles. The SMILES string of the molecule is CC1OCCC1C(=O)N(C)CC1CCNCC1. The third-order valence-corrected chi connectivity index (χ3v) is 4.06. The molecule has 4 nitrogen and oxygen atoms in total. The van der Waals surface area contributed by atoms with Crippen LogP contribution in [-0.2, 0) is 9.53 Å². The number of hydrogen-bond donors (Lipinski definition) is 1. The molecule has 2 aliphatic heterocycles. The van der Waals surface area contributed by atoms with E-state index in [1.807, 2.05) is 18.9 Å². The van der Waals surface area contributed by atoms with Gasteiger partial charge >= 0.3 is 0 Å². The molecule has 0 bridgehead atoms. The lowest BCUT2D eigenvalue weighted by molar-refractivity contribution is -0.136. The lowest BCUT2D eigenvalue weighted by atomic mass is 9.96. The van der Waals surface area contributed by atoms with Gasteiger partial charge in [0.25, 0.3) is 0 Å². The highest BCUT2D eigenvalue weighted by Crippen LogP contribution is 2.23. The van der Waals surface area contributed by atoms with Crippen molar-refractivity contribution in [2.24, 2.45) is 11.8 Å². The Morgan fingerprint density at radius 1 is 1.35 bits per heavy atom. The minimum absolute atomic E-state index is 0.0849. The largest absolute Gasteiger partial charge is 0.378 e. The fourth-order valence-electron chi connectivity index (χ4n) is 2.88. The molecule has 2 fully saturated rings. The van der Waals surface area contributed by atoms with Crippen molar-refractivity contribution in [3.05, 3.63) is 0 Å². The average Bonchev–Trinajstić information content (AvgIpc) is 2.76. The maximum atomic E-state index is 12.3. The molecule has 0 aromatic heterocycles. The first-order valence-corrected chi connectivity index (χ1v) is 6.76. The van der Waals surface area contributed by atoms with Crippen LogP contribution in [0.2, 0.25) is 0 Å². The second-order valence-electron chi connectivity index (χ2n) is 5.38. The van der Waals surface area contributed by atoms with Crippen LogP contribution >= 0.6 is 0 Å². The number of rotatable bonds is 3. The van der Waals surface area contributed by atoms with Gasteiger partial charge in [0.2, 0.25) is 5.91 Å². The quantitative estimate of drug-likeness (QED) is 0.796. The number of amides is 1. The van der Waals surface area contributed by atoms with Gasteiger partial charge in [-0.1, -0.05) is 0 Å². The van der Waals surface area contributed by atoms with E-state index in [4.69, 9.17) is 4.74 Å². The van der Waals surface area contributed by atoms with E-state index in [1.165, 1.54) is 12.8 Å². The van der Waals surface area contributed by atoms with E-state index in [0.717, 1.165) is 32.7 Å². The summed E-state index contributed by atoms with van der Waals surface area (Å²) in [7, 11) is 1.94. The van der Waals surface area contributed by atoms with Crippen LogP contribution in [0, 0.1) is 11.8 Å². The molecular weight excluding hydrogens is 216 g/mol. The minimum atomic E-state index is 0.0849. The monoisotopic (exact) mass is 240 g/mol. The third kappa shape index (κ3) is 3.19. The summed E-state index contributed by atoms with van der Waals surface area (Å²) >= 11 is 0. The molecule has 0 spiro atoms. The van der Waals surface area contributed by atoms with Gasteiger partial charge in [0.1, 0.15) is 0 Å². The Hall–Kier alpha value is -0.610. The first-order valence-electron chi connectivity index (χ1n) is 6.76. The second kappa shape index (κ2) is 5.83. The molecule has 0 aromatic rings. The molecule has 2 atom stereocenters. The molecule has 2 saturated heterocycles. The van der Waals surface area contributed by atoms with Crippen LogP contribution in [0.15, 0.2) is 0 Å². The smallest absolute Gasteiger partial charge is 0.228 e. The van der Waals surface area contributed by atoms with Crippen molar-refractivity contribution in [2.75, 3.05) is 33.3 Å². The van der Waals surface area contributed by atoms with Gasteiger partial charge in [-0.15, -0.1) is 0 Å². The maximum absolute atomic E-state index is 12.3. The van der Waals surface area contributed by atoms with Crippen LogP contribution in [0.25, 0.3) is 0 Å². The predicted octanol–water partition coefficient (Wildman–Crippen LogP) is 0.869. The summed E-state index contributed by atoms with van der Waals surface area (Å²) in [6.07, 6.45) is 3.36. The van der Waals surface area contributed by atoms with Crippen molar-refractivity contribution in [3.63, 3.8) is 0 Å². The minimum Gasteiger partial charge on any atom is -0.378 e. The summed E-state index contributed by atoms with van der Waals surface area (Å²) in [6, 6.07) is 0. The molecule has 17 heavy (non-hydrogen) atoms. The van der Waals surface area contributed by atoms with Crippen LogP contribution < -0.4 is 5.32 Å². The lowest BCUT2D eigenvalue weighted by Crippen LogP contribution is -2.41. The van der Waals surface area contributed by atoms with Gasteiger partial charge in [-0.05, 0) is 45.2 Å². The first kappa shape index (κ1) is 12.8. The molecule has 4 heteroatoms. The zero-order valence-electron chi connectivity index (χ0n) is 10.9. The summed E-state index contributed by atoms with van der Waals surface area (Å²) in [5.74, 6) is 1.03. The molecule has 0 saturated carbocycles. The van der Waals surface area contributed by atoms with Gasteiger partial charge in [-0.2, -0.15) is 0 Å². The molecule has 2 heterocycles. The Labute approximate surface area is 104 Å². The van der Waals surface area contributed by atoms with Crippen LogP contribution in [0.3, 0.4) is 0 Å². The van der Waals surface area contributed by atoms with E-state index in [1.54, 1.807) is 0 Å². The van der Waals surface area contributed by atoms with Crippen LogP contribution in [0.5, 0.6) is 0 Å². The van der Waals surface area contributed by atoms with Crippen molar-refractivity contribution in [1.82, 2.24) is 10.2 Å². The molecule has 98 valence electrons. The molecular formula is C13H24N2O2. The van der Waals surface area contributed by atoms with Crippen molar-refractivity contribution in [3.8, 4) is 0 Å². The number of carbonyl (C=O) groups excluding carboxylic acids is 1. The number of carbonyl (C=O) groups is 1. The third-order valence-electron chi connectivity index (χ3n) is 4.06. The predicted molar refractivity (Wildman–Crippen MR) is 66.8 cm³/mol. The lowest BCUT2D eigenvalue weighted by Gasteiger charge is -2.29. The summed E-state index contributed by atoms with van der Waals surface area (Å²) in [4.78, 5) is 14.2. The highest BCUT2D eigenvalue weighted by Gasteiger charge is 2.33. The summed E-state index contributed by atoms with van der Waals surface area (Å²) in [6.45, 7) is 5.84. The molecule has 1 amide bonds. The van der Waals surface area contributed by atoms with Gasteiger partial charge in [0, 0.05) is 20.2 Å². The van der Waals surface area contributed by atoms with Crippen LogP contribution in [-0.4, -0.2) is 50.2 Å². The second-order valence-corrected chi connectivity index (χ2v) is 5.38. The number of ether oxygens (including phenoxy) is 1. The normalized spacial score (nSPS) is 30.5. The van der Waals surface area contributed by atoms with Gasteiger partial charge < -0.3 is 15.0 Å². The van der Waals surface area contributed by atoms with Gasteiger partial charge in [0.05, 0.1) is 12.0 Å². The maximum Gasteiger partial charge on any atom is 0.228 e. The molecule has 2 aliphatic rings. The Morgan fingerprint density at radius 3 is 2.65 bits per heavy atom. The van der Waals surface area contributed by atoms with Gasteiger partial charge in [0.15, 0.2) is 0 Å². The number of piperidine rings is 1. The Balaban J connectivity index is 1.81. The van der Waals surface area contributed by atoms with E-state index in [2.05, 4.69) is 5.32 Å². The number of nitrogens with one attached hydrogen (secondary N) is 1. The average molecular weight is 240 g/mol. The molecule has 2 rings (SSSR count). The van der Waals surface area contributed by atoms with Crippen molar-refractivity contribution >= 4 is 5.91 Å². The number of nitrogens with zero attached hydrogens (tertiary/aromatic N) is 1. The van der Waals surface area contributed by atoms with Crippen LogP contribution in [0.4, 0.5) is 0 Å². The van der Waals surface area contributed by atoms with E-state index < -0.39 is 0 Å². The standard InChI is InChI=1S/C13H24N2O2/c1-10-12(5-8-17-10)13(16)15(2)9-11-3-6-14-7-4-11/h10-12,14H,3-9H2,1-2H3. The van der Waals surface area contributed by atoms with Crippen LogP contribution in [0.1, 0.15) is 26.2 Å². The van der Waals surface area contributed by atoms with Crippen molar-refractivity contribution < 1.29 is 9.53 Å². The van der Waals surface area contributed by atoms with Gasteiger partial charge in [-0.25, -0.2) is 0 Å². The first-order chi connectivity index (χ1) is 8.18. The Morgan fingerprint density at radius 2 is 2.06 bits per heavy atom. The van der Waals surface area contributed by atoms with E-state index in [0.29, 0.717) is 5.92 Å². The molecule has 0 aromatic carbocycles. The molecule has 0 radical (unpaired) electrons. The van der Waals surface area contributed by atoms with Crippen molar-refractivity contribution in [1.29, 1.82) is 0 Å².